The molecule has 2 atom stereocenters. The summed E-state index contributed by atoms with van der Waals surface area (Å²) in [5.74, 6) is 5.94. The normalized spacial score (nSPS) is 14.1. The zero-order chi connectivity index (χ0) is 19.0. The van der Waals surface area contributed by atoms with Crippen molar-refractivity contribution in [3.63, 3.8) is 0 Å². The van der Waals surface area contributed by atoms with Gasteiger partial charge in [0.05, 0.1) is 22.3 Å². The molecule has 0 aliphatic rings. The number of allylic oxidation sites excluding steroid dienone is 2. The van der Waals surface area contributed by atoms with Crippen LogP contribution in [0.3, 0.4) is 0 Å². The van der Waals surface area contributed by atoms with Crippen LogP contribution in [-0.4, -0.2) is 4.21 Å². The number of nitrogens with zero attached hydrogens (tertiary/aromatic N) is 1. The largest absolute Gasteiger partial charge is 0.249 e. The lowest BCUT2D eigenvalue weighted by Gasteiger charge is -2.26. The summed E-state index contributed by atoms with van der Waals surface area (Å²) < 4.78 is 13.2. The van der Waals surface area contributed by atoms with Crippen LogP contribution in [0.25, 0.3) is 0 Å². The summed E-state index contributed by atoms with van der Waals surface area (Å²) in [5.41, 5.74) is 1.10. The van der Waals surface area contributed by atoms with Crippen LogP contribution in [0.2, 0.25) is 0 Å². The molecule has 2 nitrogen and oxygen atoms in total. The molecule has 132 valence electrons. The monoisotopic (exact) mass is 361 g/mol. The number of nitriles is 1. The highest BCUT2D eigenvalue weighted by Gasteiger charge is 2.34. The molecular weight excluding hydrogens is 338 g/mol. The molecule has 0 unspecified atom stereocenters. The molecule has 0 bridgehead atoms. The van der Waals surface area contributed by atoms with E-state index in [9.17, 15) is 9.47 Å². The van der Waals surface area contributed by atoms with Gasteiger partial charge in [0.2, 0.25) is 0 Å². The predicted octanol–water partition coefficient (Wildman–Crippen LogP) is 5.30. The molecule has 3 heteroatoms. The van der Waals surface area contributed by atoms with E-state index in [-0.39, 0.29) is 0 Å². The molecule has 0 aliphatic heterocycles. The molecule has 0 saturated carbocycles. The van der Waals surface area contributed by atoms with Gasteiger partial charge in [-0.15, -0.1) is 11.8 Å². The van der Waals surface area contributed by atoms with Crippen LogP contribution in [0.15, 0.2) is 70.5 Å². The van der Waals surface area contributed by atoms with Crippen molar-refractivity contribution in [3.05, 3.63) is 71.8 Å². The fourth-order valence-corrected chi connectivity index (χ4v) is 4.10. The van der Waals surface area contributed by atoms with Gasteiger partial charge in [0, 0.05) is 16.2 Å². The zero-order valence-electron chi connectivity index (χ0n) is 15.5. The van der Waals surface area contributed by atoms with Gasteiger partial charge in [0.15, 0.2) is 0 Å². The summed E-state index contributed by atoms with van der Waals surface area (Å²) in [6, 6.07) is 17.7. The summed E-state index contributed by atoms with van der Waals surface area (Å²) in [6.07, 6.45) is 4.86. The smallest absolute Gasteiger partial charge is 0.0977 e. The van der Waals surface area contributed by atoms with E-state index in [1.54, 1.807) is 6.92 Å². The van der Waals surface area contributed by atoms with Crippen LogP contribution in [0.1, 0.15) is 37.8 Å². The molecule has 0 N–H and O–H groups in total. The molecule has 0 radical (unpaired) electrons. The van der Waals surface area contributed by atoms with Gasteiger partial charge in [0.1, 0.15) is 0 Å². The third-order valence-corrected chi connectivity index (χ3v) is 5.78. The minimum atomic E-state index is -1.35. The Morgan fingerprint density at radius 2 is 1.85 bits per heavy atom. The van der Waals surface area contributed by atoms with Crippen molar-refractivity contribution in [1.82, 2.24) is 0 Å². The minimum Gasteiger partial charge on any atom is -0.249 e. The third-order valence-electron chi connectivity index (χ3n) is 4.32. The lowest BCUT2D eigenvalue weighted by Crippen LogP contribution is -2.25. The molecule has 2 aromatic carbocycles. The Hall–Kier alpha value is -2.62. The summed E-state index contributed by atoms with van der Waals surface area (Å²) in [7, 11) is -1.35. The highest BCUT2D eigenvalue weighted by atomic mass is 32.2. The average Bonchev–Trinajstić information content (AvgIpc) is 2.69. The maximum Gasteiger partial charge on any atom is 0.0977 e. The Balaban J connectivity index is 2.60. The molecule has 0 amide bonds. The van der Waals surface area contributed by atoms with Crippen molar-refractivity contribution in [2.45, 2.75) is 48.8 Å². The molecule has 0 fully saturated rings. The highest BCUT2D eigenvalue weighted by Crippen LogP contribution is 2.36. The lowest BCUT2D eigenvalue weighted by atomic mass is 9.76. The molecule has 26 heavy (non-hydrogen) atoms. The second kappa shape index (κ2) is 9.18. The van der Waals surface area contributed by atoms with Crippen molar-refractivity contribution in [1.29, 1.82) is 5.26 Å². The van der Waals surface area contributed by atoms with Crippen molar-refractivity contribution in [2.24, 2.45) is 0 Å². The van der Waals surface area contributed by atoms with Crippen molar-refractivity contribution < 1.29 is 4.21 Å². The van der Waals surface area contributed by atoms with E-state index in [1.807, 2.05) is 74.5 Å². The molecule has 0 heterocycles. The van der Waals surface area contributed by atoms with Gasteiger partial charge in [-0.05, 0) is 51.0 Å². The van der Waals surface area contributed by atoms with Crippen molar-refractivity contribution in [2.75, 3.05) is 0 Å². The molecule has 0 aliphatic carbocycles. The number of rotatable bonds is 6. The van der Waals surface area contributed by atoms with E-state index in [1.165, 1.54) is 0 Å². The van der Waals surface area contributed by atoms with E-state index < -0.39 is 16.2 Å². The quantitative estimate of drug-likeness (QED) is 0.517. The number of hydrogen-bond donors (Lipinski definition) is 0. The standard InChI is InChI=1S/C23H23NOS/c1-4-6-16-23(18-24,17-7-5-2)21-10-8-9-11-22(21)26(25)20-14-12-19(3)13-15-20/h4,6,8-15H,16-17H2,1-3H3/b6-4+/t23-,26-/m0/s1. The maximum absolute atomic E-state index is 13.2. The van der Waals surface area contributed by atoms with Crippen molar-refractivity contribution >= 4 is 10.8 Å². The van der Waals surface area contributed by atoms with Crippen LogP contribution in [0.4, 0.5) is 0 Å². The molecule has 2 rings (SSSR count). The fraction of sp³-hybridized carbons (Fsp3) is 0.261. The number of aryl methyl sites for hydroxylation is 1. The molecule has 0 aromatic heterocycles. The Morgan fingerprint density at radius 1 is 1.15 bits per heavy atom. The predicted molar refractivity (Wildman–Crippen MR) is 107 cm³/mol. The van der Waals surface area contributed by atoms with E-state index in [0.29, 0.717) is 17.7 Å². The van der Waals surface area contributed by atoms with Gasteiger partial charge in [-0.25, -0.2) is 4.21 Å². The zero-order valence-corrected chi connectivity index (χ0v) is 16.3. The van der Waals surface area contributed by atoms with Crippen LogP contribution in [0.5, 0.6) is 0 Å². The second-order valence-corrected chi connectivity index (χ2v) is 7.60. The van der Waals surface area contributed by atoms with Gasteiger partial charge in [-0.2, -0.15) is 5.26 Å². The SMILES string of the molecule is CC#CC[C@](C#N)(C/C=C/C)c1ccccc1[S@@](=O)c1ccc(C)cc1. The van der Waals surface area contributed by atoms with Gasteiger partial charge < -0.3 is 0 Å². The average molecular weight is 362 g/mol. The van der Waals surface area contributed by atoms with Crippen LogP contribution >= 0.6 is 0 Å². The van der Waals surface area contributed by atoms with Gasteiger partial charge >= 0.3 is 0 Å². The van der Waals surface area contributed by atoms with Crippen LogP contribution < -0.4 is 0 Å². The molecule has 0 saturated heterocycles. The minimum absolute atomic E-state index is 0.409. The highest BCUT2D eigenvalue weighted by molar-refractivity contribution is 7.85. The van der Waals surface area contributed by atoms with E-state index in [0.717, 1.165) is 16.0 Å². The number of hydrogen-bond acceptors (Lipinski definition) is 2. The van der Waals surface area contributed by atoms with Gasteiger partial charge in [-0.3, -0.25) is 0 Å². The Morgan fingerprint density at radius 3 is 2.46 bits per heavy atom. The third kappa shape index (κ3) is 4.31. The first-order valence-electron chi connectivity index (χ1n) is 8.58. The van der Waals surface area contributed by atoms with Crippen LogP contribution in [0, 0.1) is 30.1 Å². The summed E-state index contributed by atoms with van der Waals surface area (Å²) in [6.45, 7) is 5.71. The summed E-state index contributed by atoms with van der Waals surface area (Å²) in [4.78, 5) is 1.42. The molecular formula is C23H23NOS. The van der Waals surface area contributed by atoms with Crippen molar-refractivity contribution in [3.8, 4) is 17.9 Å². The number of benzene rings is 2. The summed E-state index contributed by atoms with van der Waals surface area (Å²) in [5, 5.41) is 10.0. The molecule has 2 aromatic rings. The second-order valence-electron chi connectivity index (χ2n) is 6.15. The lowest BCUT2D eigenvalue weighted by molar-refractivity contribution is 0.560. The van der Waals surface area contributed by atoms with Crippen LogP contribution in [-0.2, 0) is 16.2 Å². The van der Waals surface area contributed by atoms with E-state index in [2.05, 4.69) is 17.9 Å². The Labute approximate surface area is 159 Å². The van der Waals surface area contributed by atoms with E-state index >= 15 is 0 Å². The molecule has 0 spiro atoms. The first kappa shape index (κ1) is 19.7. The fourth-order valence-electron chi connectivity index (χ4n) is 2.79. The summed E-state index contributed by atoms with van der Waals surface area (Å²) >= 11 is 0. The van der Waals surface area contributed by atoms with E-state index in [4.69, 9.17) is 0 Å². The van der Waals surface area contributed by atoms with Gasteiger partial charge in [-0.1, -0.05) is 48.0 Å². The first-order valence-corrected chi connectivity index (χ1v) is 9.73. The Bertz CT molecular complexity index is 910. The first-order chi connectivity index (χ1) is 12.6. The maximum atomic E-state index is 13.2. The van der Waals surface area contributed by atoms with Gasteiger partial charge in [0.25, 0.3) is 0 Å². The Kier molecular flexibility index (Phi) is 6.96. The topological polar surface area (TPSA) is 40.9 Å².